The Hall–Kier alpha value is -2.37. The Morgan fingerprint density at radius 3 is 2.43 bits per heavy atom. The van der Waals surface area contributed by atoms with E-state index in [1.807, 2.05) is 0 Å². The van der Waals surface area contributed by atoms with Crippen LogP contribution in [-0.2, 0) is 4.74 Å². The first kappa shape index (κ1) is 16.7. The number of carbonyl (C=O) groups excluding carboxylic acids is 3. The van der Waals surface area contributed by atoms with Gasteiger partial charge in [-0.3, -0.25) is 9.59 Å². The van der Waals surface area contributed by atoms with Gasteiger partial charge in [0.15, 0.2) is 12.6 Å². The lowest BCUT2D eigenvalue weighted by Gasteiger charge is -2.19. The smallest absolute Gasteiger partial charge is 0.407 e. The molecule has 6 heteroatoms. The summed E-state index contributed by atoms with van der Waals surface area (Å²) in [6.45, 7) is 5.81. The van der Waals surface area contributed by atoms with E-state index in [1.54, 1.807) is 26.8 Å². The van der Waals surface area contributed by atoms with Crippen LogP contribution in [0.3, 0.4) is 0 Å². The SMILES string of the molecule is CC(C)(C)OC(=O)NCCOc1ccc(C=O)c(C=O)c1. The van der Waals surface area contributed by atoms with Gasteiger partial charge in [-0.05, 0) is 39.0 Å². The summed E-state index contributed by atoms with van der Waals surface area (Å²) in [6.07, 6.45) is 0.684. The van der Waals surface area contributed by atoms with E-state index in [0.29, 0.717) is 23.9 Å². The second-order valence-electron chi connectivity index (χ2n) is 5.30. The van der Waals surface area contributed by atoms with Crippen LogP contribution < -0.4 is 10.1 Å². The van der Waals surface area contributed by atoms with Crippen LogP contribution in [0.2, 0.25) is 0 Å². The van der Waals surface area contributed by atoms with E-state index < -0.39 is 11.7 Å². The van der Waals surface area contributed by atoms with Crippen molar-refractivity contribution in [2.75, 3.05) is 13.2 Å². The van der Waals surface area contributed by atoms with Crippen molar-refractivity contribution in [1.82, 2.24) is 5.32 Å². The highest BCUT2D eigenvalue weighted by Gasteiger charge is 2.15. The van der Waals surface area contributed by atoms with E-state index in [-0.39, 0.29) is 18.7 Å². The van der Waals surface area contributed by atoms with Crippen LogP contribution in [0.5, 0.6) is 5.75 Å². The molecule has 0 atom stereocenters. The maximum absolute atomic E-state index is 11.4. The largest absolute Gasteiger partial charge is 0.492 e. The number of hydrogen-bond donors (Lipinski definition) is 1. The monoisotopic (exact) mass is 293 g/mol. The van der Waals surface area contributed by atoms with Crippen molar-refractivity contribution in [3.63, 3.8) is 0 Å². The summed E-state index contributed by atoms with van der Waals surface area (Å²) in [5, 5.41) is 2.55. The van der Waals surface area contributed by atoms with Crippen molar-refractivity contribution in [3.05, 3.63) is 29.3 Å². The molecular weight excluding hydrogens is 274 g/mol. The Balaban J connectivity index is 2.41. The van der Waals surface area contributed by atoms with Gasteiger partial charge in [0, 0.05) is 11.1 Å². The lowest BCUT2D eigenvalue weighted by Crippen LogP contribution is -2.34. The van der Waals surface area contributed by atoms with Gasteiger partial charge in [0.25, 0.3) is 0 Å². The molecule has 0 saturated heterocycles. The molecule has 0 aliphatic rings. The van der Waals surface area contributed by atoms with Gasteiger partial charge < -0.3 is 14.8 Å². The zero-order valence-electron chi connectivity index (χ0n) is 12.3. The molecule has 0 fully saturated rings. The van der Waals surface area contributed by atoms with E-state index in [1.165, 1.54) is 12.1 Å². The molecule has 0 heterocycles. The number of ether oxygens (including phenoxy) is 2. The minimum atomic E-state index is -0.547. The Morgan fingerprint density at radius 2 is 1.86 bits per heavy atom. The van der Waals surface area contributed by atoms with Crippen LogP contribution in [0.15, 0.2) is 18.2 Å². The number of benzene rings is 1. The van der Waals surface area contributed by atoms with Crippen molar-refractivity contribution in [2.45, 2.75) is 26.4 Å². The molecule has 0 bridgehead atoms. The van der Waals surface area contributed by atoms with Crippen LogP contribution in [0.4, 0.5) is 4.79 Å². The summed E-state index contributed by atoms with van der Waals surface area (Å²) in [6, 6.07) is 4.57. The molecule has 0 aliphatic heterocycles. The van der Waals surface area contributed by atoms with Gasteiger partial charge in [0.1, 0.15) is 18.0 Å². The molecule has 0 unspecified atom stereocenters. The molecule has 0 aliphatic carbocycles. The molecule has 114 valence electrons. The molecule has 1 amide bonds. The highest BCUT2D eigenvalue weighted by Crippen LogP contribution is 2.15. The molecule has 1 rings (SSSR count). The average Bonchev–Trinajstić information content (AvgIpc) is 2.41. The summed E-state index contributed by atoms with van der Waals surface area (Å²) in [5.74, 6) is 0.452. The fraction of sp³-hybridized carbons (Fsp3) is 0.400. The second kappa shape index (κ2) is 7.42. The first-order valence-electron chi connectivity index (χ1n) is 6.50. The Bertz CT molecular complexity index is 519. The van der Waals surface area contributed by atoms with E-state index in [9.17, 15) is 14.4 Å². The average molecular weight is 293 g/mol. The summed E-state index contributed by atoms with van der Waals surface area (Å²) in [5.41, 5.74) is 0.0286. The summed E-state index contributed by atoms with van der Waals surface area (Å²) >= 11 is 0. The molecule has 1 aromatic carbocycles. The molecule has 1 N–H and O–H groups in total. The van der Waals surface area contributed by atoms with Crippen molar-refractivity contribution in [2.24, 2.45) is 0 Å². The van der Waals surface area contributed by atoms with Crippen LogP contribution in [0.25, 0.3) is 0 Å². The van der Waals surface area contributed by atoms with Gasteiger partial charge in [-0.1, -0.05) is 0 Å². The third kappa shape index (κ3) is 6.07. The molecule has 21 heavy (non-hydrogen) atoms. The first-order valence-corrected chi connectivity index (χ1v) is 6.50. The maximum atomic E-state index is 11.4. The fourth-order valence-electron chi connectivity index (χ4n) is 1.49. The van der Waals surface area contributed by atoms with Crippen molar-refractivity contribution >= 4 is 18.7 Å². The normalized spacial score (nSPS) is 10.6. The minimum Gasteiger partial charge on any atom is -0.492 e. The highest BCUT2D eigenvalue weighted by atomic mass is 16.6. The molecule has 0 spiro atoms. The highest BCUT2D eigenvalue weighted by molar-refractivity contribution is 5.90. The second-order valence-corrected chi connectivity index (χ2v) is 5.30. The van der Waals surface area contributed by atoms with Crippen LogP contribution in [0, 0.1) is 0 Å². The quantitative estimate of drug-likeness (QED) is 0.642. The van der Waals surface area contributed by atoms with Gasteiger partial charge in [-0.2, -0.15) is 0 Å². The number of alkyl carbamates (subject to hydrolysis) is 1. The van der Waals surface area contributed by atoms with Crippen molar-refractivity contribution in [1.29, 1.82) is 0 Å². The summed E-state index contributed by atoms with van der Waals surface area (Å²) < 4.78 is 10.4. The number of aldehydes is 2. The Kier molecular flexibility index (Phi) is 5.90. The van der Waals surface area contributed by atoms with E-state index in [4.69, 9.17) is 9.47 Å². The number of hydrogen-bond acceptors (Lipinski definition) is 5. The summed E-state index contributed by atoms with van der Waals surface area (Å²) in [4.78, 5) is 32.9. The number of amides is 1. The van der Waals surface area contributed by atoms with Crippen molar-refractivity contribution < 1.29 is 23.9 Å². The van der Waals surface area contributed by atoms with E-state index in [0.717, 1.165) is 0 Å². The van der Waals surface area contributed by atoms with Crippen molar-refractivity contribution in [3.8, 4) is 5.75 Å². The zero-order chi connectivity index (χ0) is 15.9. The van der Waals surface area contributed by atoms with Crippen LogP contribution in [0.1, 0.15) is 41.5 Å². The van der Waals surface area contributed by atoms with Gasteiger partial charge >= 0.3 is 6.09 Å². The zero-order valence-corrected chi connectivity index (χ0v) is 12.3. The van der Waals surface area contributed by atoms with Gasteiger partial charge in [0.2, 0.25) is 0 Å². The van der Waals surface area contributed by atoms with Gasteiger partial charge in [-0.15, -0.1) is 0 Å². The van der Waals surface area contributed by atoms with Gasteiger partial charge in [0.05, 0.1) is 6.54 Å². The number of nitrogens with one attached hydrogen (secondary N) is 1. The number of rotatable bonds is 6. The van der Waals surface area contributed by atoms with E-state index in [2.05, 4.69) is 5.32 Å². The lowest BCUT2D eigenvalue weighted by molar-refractivity contribution is 0.0520. The molecule has 0 radical (unpaired) electrons. The molecule has 0 saturated carbocycles. The molecular formula is C15H19NO5. The fourth-order valence-corrected chi connectivity index (χ4v) is 1.49. The van der Waals surface area contributed by atoms with Crippen LogP contribution in [-0.4, -0.2) is 37.4 Å². The topological polar surface area (TPSA) is 81.7 Å². The number of carbonyl (C=O) groups is 3. The molecule has 0 aromatic heterocycles. The predicted octanol–water partition coefficient (Wildman–Crippen LogP) is 2.22. The van der Waals surface area contributed by atoms with Crippen LogP contribution >= 0.6 is 0 Å². The molecule has 1 aromatic rings. The third-order valence-corrected chi connectivity index (χ3v) is 2.35. The first-order chi connectivity index (χ1) is 9.85. The van der Waals surface area contributed by atoms with Gasteiger partial charge in [-0.25, -0.2) is 4.79 Å². The third-order valence-electron chi connectivity index (χ3n) is 2.35. The minimum absolute atomic E-state index is 0.220. The lowest BCUT2D eigenvalue weighted by atomic mass is 10.1. The summed E-state index contributed by atoms with van der Waals surface area (Å²) in [7, 11) is 0. The van der Waals surface area contributed by atoms with E-state index >= 15 is 0 Å². The standard InChI is InChI=1S/C15H19NO5/c1-15(2,3)21-14(19)16-6-7-20-13-5-4-11(9-17)12(8-13)10-18/h4-5,8-10H,6-7H2,1-3H3,(H,16,19). The Morgan fingerprint density at radius 1 is 1.19 bits per heavy atom. The predicted molar refractivity (Wildman–Crippen MR) is 76.9 cm³/mol. The maximum Gasteiger partial charge on any atom is 0.407 e. The Labute approximate surface area is 123 Å². The molecule has 6 nitrogen and oxygen atoms in total.